The molecule has 0 aromatic heterocycles. The quantitative estimate of drug-likeness (QED) is 0.811. The van der Waals surface area contributed by atoms with Crippen molar-refractivity contribution in [1.29, 1.82) is 0 Å². The monoisotopic (exact) mass is 338 g/mol. The van der Waals surface area contributed by atoms with Gasteiger partial charge in [-0.1, -0.05) is 0 Å². The molecule has 0 bridgehead atoms. The summed E-state index contributed by atoms with van der Waals surface area (Å²) in [5.41, 5.74) is -0.167. The number of hydrogen-bond donors (Lipinski definition) is 1. The zero-order valence-electron chi connectivity index (χ0n) is 14.0. The Labute approximate surface area is 140 Å². The molecule has 7 heteroatoms. The third-order valence-corrected chi connectivity index (χ3v) is 4.24. The summed E-state index contributed by atoms with van der Waals surface area (Å²) in [6.07, 6.45) is 1.23. The Morgan fingerprint density at radius 1 is 1.25 bits per heavy atom. The van der Waals surface area contributed by atoms with Gasteiger partial charge in [0.15, 0.2) is 0 Å². The molecule has 1 heterocycles. The molecule has 2 amide bonds. The van der Waals surface area contributed by atoms with Gasteiger partial charge in [0, 0.05) is 39.5 Å². The van der Waals surface area contributed by atoms with Gasteiger partial charge < -0.3 is 19.7 Å². The lowest BCUT2D eigenvalue weighted by Gasteiger charge is -2.30. The third kappa shape index (κ3) is 4.52. The highest BCUT2D eigenvalue weighted by molar-refractivity contribution is 5.94. The molecule has 1 aliphatic heterocycles. The molecule has 1 aromatic rings. The van der Waals surface area contributed by atoms with Gasteiger partial charge in [0.1, 0.15) is 12.4 Å². The Hall–Kier alpha value is -1.99. The van der Waals surface area contributed by atoms with Crippen molar-refractivity contribution in [2.45, 2.75) is 18.4 Å². The second-order valence-electron chi connectivity index (χ2n) is 5.98. The molecule has 1 aliphatic rings. The Kier molecular flexibility index (Phi) is 6.28. The number of hydrogen-bond acceptors (Lipinski definition) is 4. The van der Waals surface area contributed by atoms with Crippen LogP contribution in [-0.4, -0.2) is 62.8 Å². The lowest BCUT2D eigenvalue weighted by molar-refractivity contribution is -0.134. The van der Waals surface area contributed by atoms with Crippen molar-refractivity contribution in [1.82, 2.24) is 10.2 Å². The number of carbonyl (C=O) groups is 2. The fraction of sp³-hybridized carbons (Fsp3) is 0.529. The van der Waals surface area contributed by atoms with Crippen molar-refractivity contribution in [2.75, 3.05) is 40.5 Å². The van der Waals surface area contributed by atoms with E-state index in [2.05, 4.69) is 5.32 Å². The van der Waals surface area contributed by atoms with Crippen LogP contribution >= 0.6 is 0 Å². The summed E-state index contributed by atoms with van der Waals surface area (Å²) in [7, 11) is 3.07. The maximum atomic E-state index is 13.0. The second kappa shape index (κ2) is 8.21. The van der Waals surface area contributed by atoms with Crippen LogP contribution in [0, 0.1) is 5.82 Å². The van der Waals surface area contributed by atoms with Gasteiger partial charge >= 0.3 is 0 Å². The van der Waals surface area contributed by atoms with Gasteiger partial charge in [0.2, 0.25) is 5.91 Å². The summed E-state index contributed by atoms with van der Waals surface area (Å²) in [4.78, 5) is 26.2. The summed E-state index contributed by atoms with van der Waals surface area (Å²) in [6.45, 7) is 1.45. The zero-order valence-corrected chi connectivity index (χ0v) is 14.0. The van der Waals surface area contributed by atoms with E-state index in [1.165, 1.54) is 31.4 Å². The van der Waals surface area contributed by atoms with Crippen molar-refractivity contribution in [2.24, 2.45) is 0 Å². The fourth-order valence-electron chi connectivity index (χ4n) is 2.88. The van der Waals surface area contributed by atoms with Gasteiger partial charge in [-0.15, -0.1) is 0 Å². The van der Waals surface area contributed by atoms with E-state index in [1.807, 2.05) is 0 Å². The lowest BCUT2D eigenvalue weighted by atomic mass is 9.94. The maximum Gasteiger partial charge on any atom is 0.251 e. The average Bonchev–Trinajstić information content (AvgIpc) is 2.98. The Morgan fingerprint density at radius 2 is 1.96 bits per heavy atom. The first kappa shape index (κ1) is 18.4. The fourth-order valence-corrected chi connectivity index (χ4v) is 2.88. The largest absolute Gasteiger partial charge is 0.385 e. The van der Waals surface area contributed by atoms with E-state index in [0.29, 0.717) is 38.1 Å². The van der Waals surface area contributed by atoms with E-state index in [1.54, 1.807) is 12.0 Å². The van der Waals surface area contributed by atoms with Crippen molar-refractivity contribution in [3.63, 3.8) is 0 Å². The number of ether oxygens (including phenoxy) is 2. The van der Waals surface area contributed by atoms with Gasteiger partial charge in [-0.3, -0.25) is 9.59 Å². The van der Waals surface area contributed by atoms with E-state index in [0.717, 1.165) is 0 Å². The smallest absolute Gasteiger partial charge is 0.251 e. The minimum absolute atomic E-state index is 0.0201. The molecule has 1 fully saturated rings. The molecule has 0 aliphatic carbocycles. The standard InChI is InChI=1S/C17H23FN2O4/c1-23-10-8-17(7-9-20(12-17)15(21)11-24-2)19-16(22)13-3-5-14(18)6-4-13/h3-6H,7-12H2,1-2H3,(H,19,22). The zero-order chi connectivity index (χ0) is 17.6. The van der Waals surface area contributed by atoms with Crippen LogP contribution in [0.4, 0.5) is 4.39 Å². The predicted octanol–water partition coefficient (Wildman–Crippen LogP) is 1.21. The van der Waals surface area contributed by atoms with Crippen LogP contribution < -0.4 is 5.32 Å². The first-order valence-corrected chi connectivity index (χ1v) is 7.83. The molecule has 0 spiro atoms. The van der Waals surface area contributed by atoms with E-state index < -0.39 is 11.4 Å². The molecule has 132 valence electrons. The van der Waals surface area contributed by atoms with Crippen molar-refractivity contribution < 1.29 is 23.5 Å². The lowest BCUT2D eigenvalue weighted by Crippen LogP contribution is -2.51. The number of rotatable bonds is 7. The number of nitrogens with zero attached hydrogens (tertiary/aromatic N) is 1. The number of carbonyl (C=O) groups excluding carboxylic acids is 2. The van der Waals surface area contributed by atoms with E-state index in [-0.39, 0.29) is 18.4 Å². The Morgan fingerprint density at radius 3 is 2.58 bits per heavy atom. The molecular formula is C17H23FN2O4. The first-order valence-electron chi connectivity index (χ1n) is 7.83. The summed E-state index contributed by atoms with van der Waals surface area (Å²) in [5.74, 6) is -0.780. The molecule has 0 saturated carbocycles. The van der Waals surface area contributed by atoms with Gasteiger partial charge in [-0.25, -0.2) is 4.39 Å². The van der Waals surface area contributed by atoms with E-state index in [9.17, 15) is 14.0 Å². The van der Waals surface area contributed by atoms with Gasteiger partial charge in [-0.2, -0.15) is 0 Å². The number of amides is 2. The summed E-state index contributed by atoms with van der Waals surface area (Å²) < 4.78 is 23.0. The predicted molar refractivity (Wildman–Crippen MR) is 86.2 cm³/mol. The van der Waals surface area contributed by atoms with Crippen LogP contribution in [0.2, 0.25) is 0 Å². The van der Waals surface area contributed by atoms with Crippen molar-refractivity contribution in [3.05, 3.63) is 35.6 Å². The molecule has 24 heavy (non-hydrogen) atoms. The normalized spacial score (nSPS) is 20.2. The van der Waals surface area contributed by atoms with Crippen LogP contribution in [0.5, 0.6) is 0 Å². The number of halogens is 1. The van der Waals surface area contributed by atoms with E-state index >= 15 is 0 Å². The van der Waals surface area contributed by atoms with Crippen LogP contribution in [0.25, 0.3) is 0 Å². The number of likely N-dealkylation sites (tertiary alicyclic amines) is 1. The number of nitrogens with one attached hydrogen (secondary N) is 1. The molecule has 0 radical (unpaired) electrons. The second-order valence-corrected chi connectivity index (χ2v) is 5.98. The highest BCUT2D eigenvalue weighted by Crippen LogP contribution is 2.26. The topological polar surface area (TPSA) is 67.9 Å². The summed E-state index contributed by atoms with van der Waals surface area (Å²) in [6, 6.07) is 5.38. The Bertz CT molecular complexity index is 578. The minimum Gasteiger partial charge on any atom is -0.385 e. The van der Waals surface area contributed by atoms with Crippen LogP contribution in [-0.2, 0) is 14.3 Å². The Balaban J connectivity index is 2.09. The first-order chi connectivity index (χ1) is 11.5. The van der Waals surface area contributed by atoms with Gasteiger partial charge in [0.25, 0.3) is 5.91 Å². The molecule has 1 N–H and O–H groups in total. The summed E-state index contributed by atoms with van der Waals surface area (Å²) >= 11 is 0. The number of benzene rings is 1. The van der Waals surface area contributed by atoms with Crippen LogP contribution in [0.1, 0.15) is 23.2 Å². The van der Waals surface area contributed by atoms with Crippen molar-refractivity contribution >= 4 is 11.8 Å². The minimum atomic E-state index is -0.551. The molecular weight excluding hydrogens is 315 g/mol. The highest BCUT2D eigenvalue weighted by Gasteiger charge is 2.40. The van der Waals surface area contributed by atoms with E-state index in [4.69, 9.17) is 9.47 Å². The molecule has 1 unspecified atom stereocenters. The SMILES string of the molecule is COCCC1(NC(=O)c2ccc(F)cc2)CCN(C(=O)COC)C1. The molecule has 2 rings (SSSR count). The van der Waals surface area contributed by atoms with Gasteiger partial charge in [0.05, 0.1) is 5.54 Å². The highest BCUT2D eigenvalue weighted by atomic mass is 19.1. The van der Waals surface area contributed by atoms with Crippen LogP contribution in [0.15, 0.2) is 24.3 Å². The average molecular weight is 338 g/mol. The molecule has 1 saturated heterocycles. The van der Waals surface area contributed by atoms with Crippen LogP contribution in [0.3, 0.4) is 0 Å². The molecule has 1 atom stereocenters. The molecule has 6 nitrogen and oxygen atoms in total. The van der Waals surface area contributed by atoms with Crippen molar-refractivity contribution in [3.8, 4) is 0 Å². The maximum absolute atomic E-state index is 13.0. The number of methoxy groups -OCH3 is 2. The third-order valence-electron chi connectivity index (χ3n) is 4.24. The summed E-state index contributed by atoms with van der Waals surface area (Å²) in [5, 5.41) is 3.01. The molecule has 1 aromatic carbocycles. The van der Waals surface area contributed by atoms with Gasteiger partial charge in [-0.05, 0) is 37.1 Å².